The molecule has 2 aromatic heterocycles. The summed E-state index contributed by atoms with van der Waals surface area (Å²) in [5.41, 5.74) is 6.13. The number of aromatic nitrogens is 2. The second-order valence-electron chi connectivity index (χ2n) is 5.97. The number of hydrogen-bond donors (Lipinski definition) is 2. The van der Waals surface area contributed by atoms with Gasteiger partial charge in [0.05, 0.1) is 5.71 Å². The summed E-state index contributed by atoms with van der Waals surface area (Å²) in [5.74, 6) is 0.0903. The molecule has 0 aliphatic rings. The fourth-order valence-corrected chi connectivity index (χ4v) is 3.00. The van der Waals surface area contributed by atoms with Crippen molar-refractivity contribution in [1.82, 2.24) is 15.6 Å². The van der Waals surface area contributed by atoms with E-state index < -0.39 is 5.91 Å². The first kappa shape index (κ1) is 17.2. The molecule has 0 unspecified atom stereocenters. The topological polar surface area (TPSA) is 83.3 Å². The van der Waals surface area contributed by atoms with Crippen LogP contribution in [0.15, 0.2) is 74.9 Å². The van der Waals surface area contributed by atoms with Gasteiger partial charge >= 0.3 is 0 Å². The minimum absolute atomic E-state index is 0.169. The average Bonchev–Trinajstić information content (AvgIpc) is 3.33. The molecule has 6 nitrogen and oxygen atoms in total. The number of fused-ring (bicyclic) bond motifs is 1. The molecule has 2 heterocycles. The molecule has 0 aliphatic heterocycles. The Morgan fingerprint density at radius 3 is 2.78 bits per heavy atom. The average molecular weight is 423 g/mol. The lowest BCUT2D eigenvalue weighted by molar-refractivity contribution is 0.0946. The van der Waals surface area contributed by atoms with E-state index >= 15 is 0 Å². The van der Waals surface area contributed by atoms with Crippen LogP contribution in [0.3, 0.4) is 0 Å². The van der Waals surface area contributed by atoms with Crippen molar-refractivity contribution in [3.63, 3.8) is 0 Å². The Kier molecular flexibility index (Phi) is 4.60. The van der Waals surface area contributed by atoms with Crippen LogP contribution in [0.1, 0.15) is 23.0 Å². The Balaban J connectivity index is 1.52. The van der Waals surface area contributed by atoms with Gasteiger partial charge in [-0.25, -0.2) is 5.43 Å². The van der Waals surface area contributed by atoms with Crippen molar-refractivity contribution in [2.75, 3.05) is 0 Å². The fourth-order valence-electron chi connectivity index (χ4n) is 2.73. The van der Waals surface area contributed by atoms with Crippen LogP contribution >= 0.6 is 15.9 Å². The minimum Gasteiger partial charge on any atom is -0.360 e. The number of hydrogen-bond acceptors (Lipinski definition) is 4. The van der Waals surface area contributed by atoms with Gasteiger partial charge in [-0.15, -0.1) is 0 Å². The molecule has 0 aliphatic carbocycles. The number of carbonyl (C=O) groups excluding carboxylic acids is 1. The molecule has 0 atom stereocenters. The highest BCUT2D eigenvalue weighted by molar-refractivity contribution is 9.10. The molecule has 0 bridgehead atoms. The van der Waals surface area contributed by atoms with Crippen molar-refractivity contribution < 1.29 is 9.32 Å². The van der Waals surface area contributed by atoms with Gasteiger partial charge in [-0.05, 0) is 30.7 Å². The number of carbonyl (C=O) groups is 1. The molecule has 0 fully saturated rings. The number of amides is 1. The summed E-state index contributed by atoms with van der Waals surface area (Å²) in [7, 11) is 0. The molecule has 4 aromatic rings. The maximum atomic E-state index is 12.3. The van der Waals surface area contributed by atoms with Crippen molar-refractivity contribution in [3.8, 4) is 11.3 Å². The molecule has 4 rings (SSSR count). The first-order valence-corrected chi connectivity index (χ1v) is 9.05. The Morgan fingerprint density at radius 2 is 1.96 bits per heavy atom. The van der Waals surface area contributed by atoms with Gasteiger partial charge in [0, 0.05) is 33.2 Å². The number of nitrogens with zero attached hydrogens (tertiary/aromatic N) is 2. The monoisotopic (exact) mass is 422 g/mol. The van der Waals surface area contributed by atoms with Crippen molar-refractivity contribution in [2.45, 2.75) is 6.92 Å². The highest BCUT2D eigenvalue weighted by atomic mass is 79.9. The SMILES string of the molecule is C/C(=N/NC(=O)c1cc(-c2c[nH]c3ccccc23)on1)c1ccc(Br)cc1. The molecule has 0 saturated carbocycles. The van der Waals surface area contributed by atoms with Gasteiger partial charge in [0.15, 0.2) is 11.5 Å². The molecule has 0 spiro atoms. The number of rotatable bonds is 4. The van der Waals surface area contributed by atoms with Gasteiger partial charge in [0.1, 0.15) is 0 Å². The number of nitrogens with one attached hydrogen (secondary N) is 2. The van der Waals surface area contributed by atoms with Gasteiger partial charge in [-0.3, -0.25) is 4.79 Å². The highest BCUT2D eigenvalue weighted by Crippen LogP contribution is 2.28. The standard InChI is InChI=1S/C20H15BrN4O2/c1-12(13-6-8-14(21)9-7-13)23-24-20(26)18-10-19(27-25-18)16-11-22-17-5-3-2-4-15(16)17/h2-11,22H,1H3,(H,24,26)/b23-12-. The Labute approximate surface area is 163 Å². The lowest BCUT2D eigenvalue weighted by Gasteiger charge is -2.01. The summed E-state index contributed by atoms with van der Waals surface area (Å²) in [6.07, 6.45) is 1.84. The lowest BCUT2D eigenvalue weighted by atomic mass is 10.1. The van der Waals surface area contributed by atoms with Crippen LogP contribution < -0.4 is 5.43 Å². The number of halogens is 1. The third kappa shape index (κ3) is 3.54. The normalized spacial score (nSPS) is 11.7. The van der Waals surface area contributed by atoms with E-state index in [0.717, 1.165) is 26.5 Å². The van der Waals surface area contributed by atoms with Gasteiger partial charge in [0.25, 0.3) is 5.91 Å². The number of H-pyrrole nitrogens is 1. The van der Waals surface area contributed by atoms with E-state index in [1.165, 1.54) is 0 Å². The van der Waals surface area contributed by atoms with E-state index in [4.69, 9.17) is 4.52 Å². The van der Waals surface area contributed by atoms with E-state index in [2.05, 4.69) is 36.6 Å². The summed E-state index contributed by atoms with van der Waals surface area (Å²) in [4.78, 5) is 15.5. The molecule has 7 heteroatoms. The zero-order valence-electron chi connectivity index (χ0n) is 14.4. The number of benzene rings is 2. The Bertz CT molecular complexity index is 1140. The Hall–Kier alpha value is -3.19. The van der Waals surface area contributed by atoms with Gasteiger partial charge in [0.2, 0.25) is 0 Å². The summed E-state index contributed by atoms with van der Waals surface area (Å²) >= 11 is 3.39. The molecular weight excluding hydrogens is 408 g/mol. The number of hydrazone groups is 1. The van der Waals surface area contributed by atoms with Crippen LogP contribution in [0.5, 0.6) is 0 Å². The smallest absolute Gasteiger partial charge is 0.293 e. The van der Waals surface area contributed by atoms with Crippen molar-refractivity contribution in [2.24, 2.45) is 5.10 Å². The summed E-state index contributed by atoms with van der Waals surface area (Å²) in [6.45, 7) is 1.82. The molecule has 134 valence electrons. The van der Waals surface area contributed by atoms with Crippen LogP contribution in [0, 0.1) is 0 Å². The second-order valence-corrected chi connectivity index (χ2v) is 6.89. The second kappa shape index (κ2) is 7.20. The largest absolute Gasteiger partial charge is 0.360 e. The highest BCUT2D eigenvalue weighted by Gasteiger charge is 2.16. The predicted molar refractivity (Wildman–Crippen MR) is 108 cm³/mol. The van der Waals surface area contributed by atoms with Gasteiger partial charge < -0.3 is 9.51 Å². The van der Waals surface area contributed by atoms with Crippen molar-refractivity contribution >= 4 is 38.5 Å². The predicted octanol–water partition coefficient (Wildman–Crippen LogP) is 4.74. The maximum absolute atomic E-state index is 12.3. The van der Waals surface area contributed by atoms with Gasteiger partial charge in [-0.2, -0.15) is 5.10 Å². The number of aromatic amines is 1. The molecule has 2 N–H and O–H groups in total. The first-order chi connectivity index (χ1) is 13.1. The summed E-state index contributed by atoms with van der Waals surface area (Å²) in [5, 5.41) is 9.01. The summed E-state index contributed by atoms with van der Waals surface area (Å²) in [6, 6.07) is 17.1. The van der Waals surface area contributed by atoms with Crippen LogP contribution in [0.2, 0.25) is 0 Å². The van der Waals surface area contributed by atoms with Gasteiger partial charge in [-0.1, -0.05) is 51.4 Å². The number of para-hydroxylation sites is 1. The molecular formula is C20H15BrN4O2. The molecule has 0 radical (unpaired) electrons. The van der Waals surface area contributed by atoms with Crippen molar-refractivity contribution in [1.29, 1.82) is 0 Å². The third-order valence-corrected chi connectivity index (χ3v) is 4.71. The lowest BCUT2D eigenvalue weighted by Crippen LogP contribution is -2.19. The quantitative estimate of drug-likeness (QED) is 0.368. The molecule has 0 saturated heterocycles. The van der Waals surface area contributed by atoms with E-state index in [0.29, 0.717) is 11.5 Å². The van der Waals surface area contributed by atoms with E-state index in [1.807, 2.05) is 61.7 Å². The molecule has 1 amide bonds. The zero-order valence-corrected chi connectivity index (χ0v) is 15.9. The molecule has 2 aromatic carbocycles. The zero-order chi connectivity index (χ0) is 18.8. The van der Waals surface area contributed by atoms with Crippen molar-refractivity contribution in [3.05, 3.63) is 76.5 Å². The van der Waals surface area contributed by atoms with E-state index in [-0.39, 0.29) is 5.69 Å². The summed E-state index contributed by atoms with van der Waals surface area (Å²) < 4.78 is 6.34. The van der Waals surface area contributed by atoms with Crippen LogP contribution in [-0.2, 0) is 0 Å². The van der Waals surface area contributed by atoms with Crippen LogP contribution in [-0.4, -0.2) is 21.8 Å². The van der Waals surface area contributed by atoms with Crippen LogP contribution in [0.4, 0.5) is 0 Å². The van der Waals surface area contributed by atoms with E-state index in [1.54, 1.807) is 6.07 Å². The van der Waals surface area contributed by atoms with Crippen LogP contribution in [0.25, 0.3) is 22.2 Å². The first-order valence-electron chi connectivity index (χ1n) is 8.25. The minimum atomic E-state index is -0.429. The Morgan fingerprint density at radius 1 is 1.19 bits per heavy atom. The third-order valence-electron chi connectivity index (χ3n) is 4.18. The maximum Gasteiger partial charge on any atom is 0.293 e. The fraction of sp³-hybridized carbons (Fsp3) is 0.0500. The molecule has 27 heavy (non-hydrogen) atoms. The van der Waals surface area contributed by atoms with E-state index in [9.17, 15) is 4.79 Å².